The Kier molecular flexibility index (Phi) is 3.76. The van der Waals surface area contributed by atoms with Gasteiger partial charge < -0.3 is 0 Å². The zero-order valence-corrected chi connectivity index (χ0v) is 9.87. The number of aromatic nitrogens is 2. The van der Waals surface area contributed by atoms with Crippen molar-refractivity contribution in [3.8, 4) is 0 Å². The van der Waals surface area contributed by atoms with Gasteiger partial charge in [-0.15, -0.1) is 0 Å². The van der Waals surface area contributed by atoms with Crippen LogP contribution in [0.5, 0.6) is 0 Å². The highest BCUT2D eigenvalue weighted by Gasteiger charge is 2.05. The minimum atomic E-state index is -0.376. The number of hydrogen-bond donors (Lipinski definition) is 1. The molecule has 0 aliphatic heterocycles. The lowest BCUT2D eigenvalue weighted by Crippen LogP contribution is -2.20. The highest BCUT2D eigenvalue weighted by molar-refractivity contribution is 6.00. The summed E-state index contributed by atoms with van der Waals surface area (Å²) in [6, 6.07) is 9.60. The molecule has 1 aromatic carbocycles. The molecule has 1 aromatic heterocycles. The van der Waals surface area contributed by atoms with Crippen LogP contribution in [0.2, 0.25) is 0 Å². The molecule has 2 rings (SSSR count). The summed E-state index contributed by atoms with van der Waals surface area (Å²) in [5, 5.41) is 4.02. The molecule has 0 saturated carbocycles. The predicted octanol–water partition coefficient (Wildman–Crippen LogP) is 1.63. The Bertz CT molecular complexity index is 552. The summed E-state index contributed by atoms with van der Waals surface area (Å²) in [5.74, 6) is -0.376. The quantitative estimate of drug-likeness (QED) is 0.655. The minimum absolute atomic E-state index is 0.238. The summed E-state index contributed by atoms with van der Waals surface area (Å²) < 4.78 is 0. The summed E-state index contributed by atoms with van der Waals surface area (Å²) >= 11 is 0. The summed E-state index contributed by atoms with van der Waals surface area (Å²) in [4.78, 5) is 19.4. The Morgan fingerprint density at radius 3 is 2.67 bits per heavy atom. The molecular formula is C13H12N4O. The van der Waals surface area contributed by atoms with E-state index in [9.17, 15) is 4.79 Å². The number of hydrazone groups is 1. The van der Waals surface area contributed by atoms with Gasteiger partial charge >= 0.3 is 0 Å². The zero-order chi connectivity index (χ0) is 12.8. The normalized spacial score (nSPS) is 11.1. The van der Waals surface area contributed by atoms with Crippen LogP contribution >= 0.6 is 0 Å². The number of carbonyl (C=O) groups excluding carboxylic acids is 1. The first-order valence-corrected chi connectivity index (χ1v) is 5.43. The van der Waals surface area contributed by atoms with E-state index in [1.54, 1.807) is 0 Å². The molecule has 0 aliphatic carbocycles. The molecule has 5 nitrogen and oxygen atoms in total. The second-order valence-corrected chi connectivity index (χ2v) is 3.59. The molecule has 0 radical (unpaired) electrons. The molecule has 0 bridgehead atoms. The number of hydrogen-bond acceptors (Lipinski definition) is 4. The van der Waals surface area contributed by atoms with Gasteiger partial charge in [0.15, 0.2) is 0 Å². The van der Waals surface area contributed by atoms with Gasteiger partial charge in [0.05, 0.1) is 11.9 Å². The maximum absolute atomic E-state index is 11.7. The van der Waals surface area contributed by atoms with Crippen LogP contribution in [-0.4, -0.2) is 21.6 Å². The molecule has 2 aromatic rings. The van der Waals surface area contributed by atoms with Crippen molar-refractivity contribution in [3.05, 3.63) is 60.2 Å². The maximum Gasteiger partial charge on any atom is 0.291 e. The van der Waals surface area contributed by atoms with E-state index in [2.05, 4.69) is 20.5 Å². The van der Waals surface area contributed by atoms with Gasteiger partial charge in [0.1, 0.15) is 5.69 Å². The lowest BCUT2D eigenvalue weighted by molar-refractivity contribution is 0.0949. The van der Waals surface area contributed by atoms with Crippen molar-refractivity contribution in [1.82, 2.24) is 15.4 Å². The maximum atomic E-state index is 11.7. The molecule has 0 fully saturated rings. The van der Waals surface area contributed by atoms with Crippen molar-refractivity contribution in [2.75, 3.05) is 0 Å². The summed E-state index contributed by atoms with van der Waals surface area (Å²) in [5.41, 5.74) is 4.37. The van der Waals surface area contributed by atoms with E-state index in [0.29, 0.717) is 0 Å². The van der Waals surface area contributed by atoms with Crippen LogP contribution in [0, 0.1) is 0 Å². The molecular weight excluding hydrogens is 228 g/mol. The lowest BCUT2D eigenvalue weighted by atomic mass is 10.1. The van der Waals surface area contributed by atoms with Gasteiger partial charge in [-0.1, -0.05) is 30.3 Å². The van der Waals surface area contributed by atoms with E-state index >= 15 is 0 Å². The zero-order valence-electron chi connectivity index (χ0n) is 9.87. The van der Waals surface area contributed by atoms with Crippen LogP contribution in [0.1, 0.15) is 23.0 Å². The van der Waals surface area contributed by atoms with Gasteiger partial charge in [-0.3, -0.25) is 9.78 Å². The van der Waals surface area contributed by atoms with Crippen molar-refractivity contribution in [1.29, 1.82) is 0 Å². The van der Waals surface area contributed by atoms with Crippen molar-refractivity contribution in [3.63, 3.8) is 0 Å². The first-order chi connectivity index (χ1) is 8.77. The summed E-state index contributed by atoms with van der Waals surface area (Å²) in [7, 11) is 0. The van der Waals surface area contributed by atoms with Gasteiger partial charge in [0.2, 0.25) is 0 Å². The van der Waals surface area contributed by atoms with E-state index in [4.69, 9.17) is 0 Å². The van der Waals surface area contributed by atoms with E-state index < -0.39 is 0 Å². The third-order valence-electron chi connectivity index (χ3n) is 2.31. The molecule has 18 heavy (non-hydrogen) atoms. The molecule has 1 N–H and O–H groups in total. The lowest BCUT2D eigenvalue weighted by Gasteiger charge is -2.01. The number of nitrogens with zero attached hydrogens (tertiary/aromatic N) is 3. The van der Waals surface area contributed by atoms with Crippen LogP contribution in [0.3, 0.4) is 0 Å². The van der Waals surface area contributed by atoms with Crippen molar-refractivity contribution >= 4 is 11.6 Å². The van der Waals surface area contributed by atoms with Crippen LogP contribution in [-0.2, 0) is 0 Å². The average Bonchev–Trinajstić information content (AvgIpc) is 2.46. The topological polar surface area (TPSA) is 67.2 Å². The Morgan fingerprint density at radius 2 is 2.00 bits per heavy atom. The Balaban J connectivity index is 2.05. The third kappa shape index (κ3) is 2.98. The van der Waals surface area contributed by atoms with Gasteiger partial charge in [0.25, 0.3) is 5.91 Å². The fraction of sp³-hybridized carbons (Fsp3) is 0.0769. The van der Waals surface area contributed by atoms with Crippen LogP contribution in [0.25, 0.3) is 0 Å². The van der Waals surface area contributed by atoms with E-state index in [1.807, 2.05) is 37.3 Å². The van der Waals surface area contributed by atoms with Crippen LogP contribution < -0.4 is 5.43 Å². The SMILES string of the molecule is CC(=NNC(=O)c1cnccn1)c1ccccc1. The number of benzene rings is 1. The predicted molar refractivity (Wildman–Crippen MR) is 68.2 cm³/mol. The fourth-order valence-electron chi connectivity index (χ4n) is 1.35. The smallest absolute Gasteiger partial charge is 0.265 e. The number of nitrogens with one attached hydrogen (secondary N) is 1. The average molecular weight is 240 g/mol. The molecule has 0 unspecified atom stereocenters. The molecule has 5 heteroatoms. The van der Waals surface area contributed by atoms with E-state index in [1.165, 1.54) is 18.6 Å². The number of rotatable bonds is 3. The standard InChI is InChI=1S/C13H12N4O/c1-10(11-5-3-2-4-6-11)16-17-13(18)12-9-14-7-8-15-12/h2-9H,1H3,(H,17,18). The number of carbonyl (C=O) groups is 1. The molecule has 90 valence electrons. The van der Waals surface area contributed by atoms with Crippen molar-refractivity contribution < 1.29 is 4.79 Å². The monoisotopic (exact) mass is 240 g/mol. The first-order valence-electron chi connectivity index (χ1n) is 5.43. The number of amides is 1. The highest BCUT2D eigenvalue weighted by Crippen LogP contribution is 2.00. The molecule has 0 spiro atoms. The fourth-order valence-corrected chi connectivity index (χ4v) is 1.35. The minimum Gasteiger partial charge on any atom is -0.265 e. The van der Waals surface area contributed by atoms with Gasteiger partial charge in [-0.25, -0.2) is 10.4 Å². The largest absolute Gasteiger partial charge is 0.291 e. The second-order valence-electron chi connectivity index (χ2n) is 3.59. The Hall–Kier alpha value is -2.56. The Morgan fingerprint density at radius 1 is 1.22 bits per heavy atom. The first kappa shape index (κ1) is 11.9. The second kappa shape index (κ2) is 5.67. The molecule has 1 amide bonds. The summed E-state index contributed by atoms with van der Waals surface area (Å²) in [6.07, 6.45) is 4.36. The summed E-state index contributed by atoms with van der Waals surface area (Å²) in [6.45, 7) is 1.83. The molecule has 0 atom stereocenters. The van der Waals surface area contributed by atoms with Gasteiger partial charge in [-0.2, -0.15) is 5.10 Å². The molecule has 1 heterocycles. The van der Waals surface area contributed by atoms with Crippen LogP contribution in [0.15, 0.2) is 54.0 Å². The van der Waals surface area contributed by atoms with Crippen molar-refractivity contribution in [2.45, 2.75) is 6.92 Å². The highest BCUT2D eigenvalue weighted by atomic mass is 16.2. The van der Waals surface area contributed by atoms with Gasteiger partial charge in [-0.05, 0) is 12.5 Å². The molecule has 0 aliphatic rings. The van der Waals surface area contributed by atoms with Crippen LogP contribution in [0.4, 0.5) is 0 Å². The molecule has 0 saturated heterocycles. The van der Waals surface area contributed by atoms with Gasteiger partial charge in [0, 0.05) is 12.4 Å². The third-order valence-corrected chi connectivity index (χ3v) is 2.31. The van der Waals surface area contributed by atoms with Crippen molar-refractivity contribution in [2.24, 2.45) is 5.10 Å². The Labute approximate surface area is 105 Å². The van der Waals surface area contributed by atoms with E-state index in [0.717, 1.165) is 11.3 Å². The van der Waals surface area contributed by atoms with E-state index in [-0.39, 0.29) is 11.6 Å².